The van der Waals surface area contributed by atoms with Crippen LogP contribution in [0.25, 0.3) is 0 Å². The number of nitrogens with one attached hydrogen (secondary N) is 1. The summed E-state index contributed by atoms with van der Waals surface area (Å²) in [6.07, 6.45) is 0.155. The summed E-state index contributed by atoms with van der Waals surface area (Å²) in [6, 6.07) is 6.78. The molecule has 1 aliphatic heterocycles. The van der Waals surface area contributed by atoms with Gasteiger partial charge in [0.05, 0.1) is 18.6 Å². The van der Waals surface area contributed by atoms with Crippen LogP contribution in [0.4, 0.5) is 0 Å². The molecule has 4 N–H and O–H groups in total. The number of aliphatic hydroxyl groups excluding tert-OH is 1. The molecule has 2 unspecified atom stereocenters. The first-order valence-electron chi connectivity index (χ1n) is 9.26. The molecule has 1 aromatic carbocycles. The molecule has 1 heterocycles. The second kappa shape index (κ2) is 9.15. The summed E-state index contributed by atoms with van der Waals surface area (Å²) in [5, 5.41) is 13.8. The summed E-state index contributed by atoms with van der Waals surface area (Å²) < 4.78 is 5.98. The fourth-order valence-electron chi connectivity index (χ4n) is 3.28. The second-order valence-electron chi connectivity index (χ2n) is 7.61. The minimum absolute atomic E-state index is 0.0441. The van der Waals surface area contributed by atoms with E-state index < -0.39 is 17.8 Å². The topological polar surface area (TPSA) is 102 Å². The molecule has 150 valence electrons. The zero-order chi connectivity index (χ0) is 20.2. The lowest BCUT2D eigenvalue weighted by Crippen LogP contribution is -2.57. The van der Waals surface area contributed by atoms with E-state index in [1.54, 1.807) is 31.2 Å². The number of benzene rings is 1. The number of Topliss-reactive ketones (excluding diaryl/α,β-unsaturated/α-hetero) is 1. The Kier molecular flexibility index (Phi) is 7.40. The van der Waals surface area contributed by atoms with Crippen LogP contribution in [0.3, 0.4) is 0 Å². The smallest absolute Gasteiger partial charge is 0.224 e. The summed E-state index contributed by atoms with van der Waals surface area (Å²) in [5.41, 5.74) is 6.14. The number of rotatable bonds is 7. The van der Waals surface area contributed by atoms with Crippen molar-refractivity contribution in [1.82, 2.24) is 5.32 Å². The van der Waals surface area contributed by atoms with Gasteiger partial charge in [0, 0.05) is 23.5 Å². The zero-order valence-electron chi connectivity index (χ0n) is 16.1. The maximum atomic E-state index is 12.1. The maximum Gasteiger partial charge on any atom is 0.224 e. The number of nitrogens with two attached hydrogens (primary N) is 1. The van der Waals surface area contributed by atoms with Gasteiger partial charge in [0.2, 0.25) is 5.91 Å². The molecule has 1 amide bonds. The number of halogens is 1. The van der Waals surface area contributed by atoms with Gasteiger partial charge < -0.3 is 20.9 Å². The Labute approximate surface area is 165 Å². The number of ether oxygens (including phenoxy) is 1. The van der Waals surface area contributed by atoms with Crippen LogP contribution in [-0.4, -0.2) is 47.2 Å². The molecule has 0 aliphatic carbocycles. The Morgan fingerprint density at radius 3 is 2.63 bits per heavy atom. The van der Waals surface area contributed by atoms with Gasteiger partial charge >= 0.3 is 0 Å². The van der Waals surface area contributed by atoms with Crippen LogP contribution in [0.1, 0.15) is 39.2 Å². The fraction of sp³-hybridized carbons (Fsp3) is 0.600. The molecule has 0 saturated carbocycles. The third kappa shape index (κ3) is 5.75. The van der Waals surface area contributed by atoms with Crippen LogP contribution in [0, 0.1) is 5.92 Å². The largest absolute Gasteiger partial charge is 0.391 e. The highest BCUT2D eigenvalue weighted by atomic mass is 35.5. The molecule has 5 atom stereocenters. The SMILES string of the molecule is CC(=O)[C@@]1(C)CCC(N)[C@H]([C@H](C)C(O)CNC(=O)Cc2ccc(Cl)cc2)O1. The number of carbonyl (C=O) groups is 2. The normalized spacial score (nSPS) is 27.6. The molecule has 0 radical (unpaired) electrons. The molecule has 2 rings (SSSR count). The van der Waals surface area contributed by atoms with Crippen molar-refractivity contribution in [2.45, 2.75) is 63.9 Å². The first kappa shape index (κ1) is 21.8. The predicted molar refractivity (Wildman–Crippen MR) is 105 cm³/mol. The van der Waals surface area contributed by atoms with Crippen LogP contribution in [0.2, 0.25) is 5.02 Å². The van der Waals surface area contributed by atoms with Crippen molar-refractivity contribution in [2.75, 3.05) is 6.54 Å². The number of hydrogen-bond acceptors (Lipinski definition) is 5. The van der Waals surface area contributed by atoms with E-state index in [4.69, 9.17) is 22.1 Å². The lowest BCUT2D eigenvalue weighted by Gasteiger charge is -2.43. The van der Waals surface area contributed by atoms with Crippen LogP contribution >= 0.6 is 11.6 Å². The van der Waals surface area contributed by atoms with E-state index in [9.17, 15) is 14.7 Å². The summed E-state index contributed by atoms with van der Waals surface area (Å²) >= 11 is 5.83. The molecule has 1 saturated heterocycles. The number of aliphatic hydroxyl groups is 1. The molecule has 1 aliphatic rings. The van der Waals surface area contributed by atoms with Gasteiger partial charge in [-0.05, 0) is 44.4 Å². The number of hydrogen-bond donors (Lipinski definition) is 3. The van der Waals surface area contributed by atoms with Gasteiger partial charge in [-0.3, -0.25) is 9.59 Å². The van der Waals surface area contributed by atoms with Crippen LogP contribution < -0.4 is 11.1 Å². The van der Waals surface area contributed by atoms with Gasteiger partial charge in [-0.1, -0.05) is 30.7 Å². The van der Waals surface area contributed by atoms with Crippen LogP contribution in [0.5, 0.6) is 0 Å². The van der Waals surface area contributed by atoms with Crippen molar-refractivity contribution in [3.63, 3.8) is 0 Å². The van der Waals surface area contributed by atoms with Crippen LogP contribution in [-0.2, 0) is 20.7 Å². The summed E-state index contributed by atoms with van der Waals surface area (Å²) in [7, 11) is 0. The molecule has 0 spiro atoms. The minimum Gasteiger partial charge on any atom is -0.391 e. The molecular formula is C20H29ClN2O4. The summed E-state index contributed by atoms with van der Waals surface area (Å²) in [5.74, 6) is -0.557. The lowest BCUT2D eigenvalue weighted by atomic mass is 9.82. The van der Waals surface area contributed by atoms with Crippen molar-refractivity contribution in [2.24, 2.45) is 11.7 Å². The van der Waals surface area contributed by atoms with E-state index in [1.165, 1.54) is 6.92 Å². The van der Waals surface area contributed by atoms with E-state index in [1.807, 2.05) is 6.92 Å². The summed E-state index contributed by atoms with van der Waals surface area (Å²) in [4.78, 5) is 24.0. The average molecular weight is 397 g/mol. The highest BCUT2D eigenvalue weighted by Gasteiger charge is 2.43. The highest BCUT2D eigenvalue weighted by Crippen LogP contribution is 2.33. The molecular weight excluding hydrogens is 368 g/mol. The number of carbonyl (C=O) groups excluding carboxylic acids is 2. The van der Waals surface area contributed by atoms with E-state index in [0.29, 0.717) is 17.9 Å². The average Bonchev–Trinajstić information content (AvgIpc) is 2.63. The maximum absolute atomic E-state index is 12.1. The van der Waals surface area contributed by atoms with Crippen molar-refractivity contribution in [3.8, 4) is 0 Å². The van der Waals surface area contributed by atoms with E-state index >= 15 is 0 Å². The fourth-order valence-corrected chi connectivity index (χ4v) is 3.41. The molecule has 0 aromatic heterocycles. The molecule has 1 aromatic rings. The second-order valence-corrected chi connectivity index (χ2v) is 8.04. The van der Waals surface area contributed by atoms with Gasteiger partial charge in [-0.2, -0.15) is 0 Å². The third-order valence-corrected chi connectivity index (χ3v) is 5.68. The van der Waals surface area contributed by atoms with Gasteiger partial charge in [-0.25, -0.2) is 0 Å². The Bertz CT molecular complexity index is 666. The van der Waals surface area contributed by atoms with E-state index in [-0.39, 0.29) is 36.6 Å². The standard InChI is InChI=1S/C20H29ClN2O4/c1-12(19-16(22)8-9-20(3,27-19)13(2)24)17(25)11-23-18(26)10-14-4-6-15(21)7-5-14/h4-7,12,16-17,19,25H,8-11,22H2,1-3H3,(H,23,26)/t12-,16?,17?,19+,20-/m1/s1. The van der Waals surface area contributed by atoms with Crippen molar-refractivity contribution >= 4 is 23.3 Å². The van der Waals surface area contributed by atoms with Crippen molar-refractivity contribution < 1.29 is 19.4 Å². The molecule has 7 heteroatoms. The third-order valence-electron chi connectivity index (χ3n) is 5.43. The van der Waals surface area contributed by atoms with Gasteiger partial charge in [-0.15, -0.1) is 0 Å². The monoisotopic (exact) mass is 396 g/mol. The lowest BCUT2D eigenvalue weighted by molar-refractivity contribution is -0.174. The number of ketones is 1. The Balaban J connectivity index is 1.88. The van der Waals surface area contributed by atoms with E-state index in [2.05, 4.69) is 5.32 Å². The zero-order valence-corrected chi connectivity index (χ0v) is 16.8. The Hall–Kier alpha value is -1.47. The summed E-state index contributed by atoms with van der Waals surface area (Å²) in [6.45, 7) is 5.19. The first-order valence-corrected chi connectivity index (χ1v) is 9.64. The highest BCUT2D eigenvalue weighted by molar-refractivity contribution is 6.30. The molecule has 6 nitrogen and oxygen atoms in total. The van der Waals surface area contributed by atoms with Gasteiger partial charge in [0.25, 0.3) is 0 Å². The van der Waals surface area contributed by atoms with Gasteiger partial charge in [0.1, 0.15) is 5.60 Å². The van der Waals surface area contributed by atoms with Crippen LogP contribution in [0.15, 0.2) is 24.3 Å². The molecule has 27 heavy (non-hydrogen) atoms. The molecule has 0 bridgehead atoms. The predicted octanol–water partition coefficient (Wildman–Crippen LogP) is 1.85. The van der Waals surface area contributed by atoms with Crippen molar-refractivity contribution in [3.05, 3.63) is 34.9 Å². The quantitative estimate of drug-likeness (QED) is 0.652. The van der Waals surface area contributed by atoms with Gasteiger partial charge in [0.15, 0.2) is 5.78 Å². The number of amides is 1. The Morgan fingerprint density at radius 2 is 2.04 bits per heavy atom. The Morgan fingerprint density at radius 1 is 1.41 bits per heavy atom. The first-order chi connectivity index (χ1) is 12.6. The van der Waals surface area contributed by atoms with Crippen molar-refractivity contribution in [1.29, 1.82) is 0 Å². The minimum atomic E-state index is -0.869. The molecule has 1 fully saturated rings. The van der Waals surface area contributed by atoms with E-state index in [0.717, 1.165) is 5.56 Å².